The molecule has 0 aliphatic heterocycles. The second-order valence-electron chi connectivity index (χ2n) is 3.65. The highest BCUT2D eigenvalue weighted by Gasteiger charge is 2.06. The third-order valence-corrected chi connectivity index (χ3v) is 2.49. The highest BCUT2D eigenvalue weighted by molar-refractivity contribution is 5.91. The molecule has 3 aromatic rings. The molecule has 2 aromatic heterocycles. The molecule has 6 heteroatoms. The second kappa shape index (κ2) is 3.06. The zero-order valence-corrected chi connectivity index (χ0v) is 8.68. The van der Waals surface area contributed by atoms with Crippen molar-refractivity contribution in [3.8, 4) is 11.3 Å². The minimum atomic E-state index is 0.501. The van der Waals surface area contributed by atoms with Crippen LogP contribution in [0.5, 0.6) is 0 Å². The Morgan fingerprint density at radius 3 is 3.00 bits per heavy atom. The first kappa shape index (κ1) is 8.90. The number of H-pyrrole nitrogens is 1. The Morgan fingerprint density at radius 1 is 1.38 bits per heavy atom. The SMILES string of the molecule is Cn1cc(-c2ccc3[nH]nc(N)c3c2)nn1. The van der Waals surface area contributed by atoms with Crippen LogP contribution in [0, 0.1) is 0 Å². The van der Waals surface area contributed by atoms with Crippen LogP contribution in [0.4, 0.5) is 5.82 Å². The molecule has 80 valence electrons. The number of hydrogen-bond acceptors (Lipinski definition) is 4. The maximum absolute atomic E-state index is 5.74. The van der Waals surface area contributed by atoms with Gasteiger partial charge in [0.15, 0.2) is 5.82 Å². The molecule has 0 bridgehead atoms. The standard InChI is InChI=1S/C10H10N6/c1-16-5-9(13-15-16)6-2-3-8-7(4-6)10(11)14-12-8/h2-5H,1H3,(H3,11,12,14). The van der Waals surface area contributed by atoms with E-state index in [1.807, 2.05) is 31.4 Å². The van der Waals surface area contributed by atoms with Gasteiger partial charge in [0.25, 0.3) is 0 Å². The maximum Gasteiger partial charge on any atom is 0.153 e. The molecule has 3 rings (SSSR count). The predicted octanol–water partition coefficient (Wildman–Crippen LogP) is 0.941. The lowest BCUT2D eigenvalue weighted by Crippen LogP contribution is -1.85. The van der Waals surface area contributed by atoms with Gasteiger partial charge in [-0.2, -0.15) is 5.10 Å². The monoisotopic (exact) mass is 214 g/mol. The van der Waals surface area contributed by atoms with Crippen molar-refractivity contribution in [2.75, 3.05) is 5.73 Å². The van der Waals surface area contributed by atoms with E-state index in [1.165, 1.54) is 0 Å². The van der Waals surface area contributed by atoms with Crippen molar-refractivity contribution in [3.63, 3.8) is 0 Å². The van der Waals surface area contributed by atoms with Crippen LogP contribution in [0.2, 0.25) is 0 Å². The van der Waals surface area contributed by atoms with Gasteiger partial charge in [0.1, 0.15) is 5.69 Å². The number of aromatic amines is 1. The molecular weight excluding hydrogens is 204 g/mol. The topological polar surface area (TPSA) is 85.4 Å². The normalized spacial score (nSPS) is 11.1. The number of rotatable bonds is 1. The Balaban J connectivity index is 2.21. The summed E-state index contributed by atoms with van der Waals surface area (Å²) in [6.07, 6.45) is 1.86. The lowest BCUT2D eigenvalue weighted by molar-refractivity contribution is 0.715. The Labute approximate surface area is 91.1 Å². The first-order chi connectivity index (χ1) is 7.74. The number of hydrogen-bond donors (Lipinski definition) is 2. The van der Waals surface area contributed by atoms with Crippen LogP contribution >= 0.6 is 0 Å². The number of nitrogens with zero attached hydrogens (tertiary/aromatic N) is 4. The summed E-state index contributed by atoms with van der Waals surface area (Å²) in [6.45, 7) is 0. The smallest absolute Gasteiger partial charge is 0.153 e. The van der Waals surface area contributed by atoms with Gasteiger partial charge < -0.3 is 5.73 Å². The van der Waals surface area contributed by atoms with E-state index < -0.39 is 0 Å². The summed E-state index contributed by atoms with van der Waals surface area (Å²) in [5.41, 5.74) is 8.47. The molecule has 16 heavy (non-hydrogen) atoms. The fraction of sp³-hybridized carbons (Fsp3) is 0.100. The molecular formula is C10H10N6. The van der Waals surface area contributed by atoms with Crippen molar-refractivity contribution >= 4 is 16.7 Å². The molecule has 0 atom stereocenters. The first-order valence-corrected chi connectivity index (χ1v) is 4.84. The van der Waals surface area contributed by atoms with Crippen LogP contribution < -0.4 is 5.73 Å². The first-order valence-electron chi connectivity index (χ1n) is 4.84. The molecule has 3 N–H and O–H groups in total. The van der Waals surface area contributed by atoms with Crippen LogP contribution in [-0.4, -0.2) is 25.2 Å². The van der Waals surface area contributed by atoms with E-state index in [9.17, 15) is 0 Å². The number of benzene rings is 1. The van der Waals surface area contributed by atoms with Crippen LogP contribution in [0.3, 0.4) is 0 Å². The van der Waals surface area contributed by atoms with Crippen LogP contribution in [-0.2, 0) is 7.05 Å². The molecule has 0 aliphatic rings. The van der Waals surface area contributed by atoms with Gasteiger partial charge in [-0.15, -0.1) is 5.10 Å². The summed E-state index contributed by atoms with van der Waals surface area (Å²) in [6, 6.07) is 5.85. The number of nitrogens with two attached hydrogens (primary N) is 1. The minimum Gasteiger partial charge on any atom is -0.382 e. The second-order valence-corrected chi connectivity index (χ2v) is 3.65. The number of nitrogen functional groups attached to an aromatic ring is 1. The minimum absolute atomic E-state index is 0.501. The largest absolute Gasteiger partial charge is 0.382 e. The Hall–Kier alpha value is -2.37. The average molecular weight is 214 g/mol. The fourth-order valence-corrected chi connectivity index (χ4v) is 1.67. The van der Waals surface area contributed by atoms with Crippen LogP contribution in [0.15, 0.2) is 24.4 Å². The van der Waals surface area contributed by atoms with Gasteiger partial charge in [-0.3, -0.25) is 9.78 Å². The predicted molar refractivity (Wildman–Crippen MR) is 60.5 cm³/mol. The molecule has 0 aliphatic carbocycles. The van der Waals surface area contributed by atoms with Crippen LogP contribution in [0.25, 0.3) is 22.2 Å². The van der Waals surface area contributed by atoms with Crippen molar-refractivity contribution in [1.82, 2.24) is 25.2 Å². The molecule has 0 amide bonds. The van der Waals surface area contributed by atoms with E-state index in [0.29, 0.717) is 5.82 Å². The Kier molecular flexibility index (Phi) is 1.70. The maximum atomic E-state index is 5.74. The molecule has 0 saturated heterocycles. The third-order valence-electron chi connectivity index (χ3n) is 2.49. The summed E-state index contributed by atoms with van der Waals surface area (Å²) in [4.78, 5) is 0. The van der Waals surface area contributed by atoms with E-state index in [-0.39, 0.29) is 0 Å². The number of aromatic nitrogens is 5. The van der Waals surface area contributed by atoms with E-state index in [2.05, 4.69) is 20.5 Å². The Morgan fingerprint density at radius 2 is 2.25 bits per heavy atom. The Bertz CT molecular complexity index is 650. The highest BCUT2D eigenvalue weighted by atomic mass is 15.4. The van der Waals surface area contributed by atoms with Crippen molar-refractivity contribution in [3.05, 3.63) is 24.4 Å². The molecule has 2 heterocycles. The molecule has 1 aromatic carbocycles. The summed E-state index contributed by atoms with van der Waals surface area (Å²) in [5.74, 6) is 0.501. The van der Waals surface area contributed by atoms with E-state index in [0.717, 1.165) is 22.2 Å². The quantitative estimate of drug-likeness (QED) is 0.631. The van der Waals surface area contributed by atoms with Gasteiger partial charge in [0.2, 0.25) is 0 Å². The van der Waals surface area contributed by atoms with Crippen molar-refractivity contribution < 1.29 is 0 Å². The fourth-order valence-electron chi connectivity index (χ4n) is 1.67. The third kappa shape index (κ3) is 1.23. The highest BCUT2D eigenvalue weighted by Crippen LogP contribution is 2.24. The summed E-state index contributed by atoms with van der Waals surface area (Å²) < 4.78 is 1.66. The van der Waals surface area contributed by atoms with Gasteiger partial charge in [-0.25, -0.2) is 0 Å². The lowest BCUT2D eigenvalue weighted by atomic mass is 10.1. The summed E-state index contributed by atoms with van der Waals surface area (Å²) >= 11 is 0. The molecule has 0 spiro atoms. The molecule has 0 unspecified atom stereocenters. The van der Waals surface area contributed by atoms with Gasteiger partial charge in [0.05, 0.1) is 11.7 Å². The zero-order valence-electron chi connectivity index (χ0n) is 8.68. The van der Waals surface area contributed by atoms with Gasteiger partial charge in [0, 0.05) is 18.0 Å². The van der Waals surface area contributed by atoms with Gasteiger partial charge >= 0.3 is 0 Å². The van der Waals surface area contributed by atoms with Gasteiger partial charge in [-0.1, -0.05) is 11.3 Å². The van der Waals surface area contributed by atoms with Crippen molar-refractivity contribution in [2.45, 2.75) is 0 Å². The number of fused-ring (bicyclic) bond motifs is 1. The molecule has 0 radical (unpaired) electrons. The van der Waals surface area contributed by atoms with Crippen molar-refractivity contribution in [1.29, 1.82) is 0 Å². The number of anilines is 1. The van der Waals surface area contributed by atoms with E-state index in [1.54, 1.807) is 4.68 Å². The number of aryl methyl sites for hydroxylation is 1. The molecule has 0 saturated carbocycles. The summed E-state index contributed by atoms with van der Waals surface area (Å²) in [7, 11) is 1.83. The lowest BCUT2D eigenvalue weighted by Gasteiger charge is -1.95. The zero-order chi connectivity index (χ0) is 11.1. The van der Waals surface area contributed by atoms with E-state index >= 15 is 0 Å². The molecule has 6 nitrogen and oxygen atoms in total. The number of nitrogens with one attached hydrogen (secondary N) is 1. The molecule has 0 fully saturated rings. The van der Waals surface area contributed by atoms with Gasteiger partial charge in [-0.05, 0) is 12.1 Å². The van der Waals surface area contributed by atoms with Crippen molar-refractivity contribution in [2.24, 2.45) is 7.05 Å². The van der Waals surface area contributed by atoms with Crippen LogP contribution in [0.1, 0.15) is 0 Å². The average Bonchev–Trinajstić information content (AvgIpc) is 2.86. The van der Waals surface area contributed by atoms with E-state index in [4.69, 9.17) is 5.73 Å². The summed E-state index contributed by atoms with van der Waals surface area (Å²) in [5, 5.41) is 15.7.